The van der Waals surface area contributed by atoms with Crippen molar-refractivity contribution in [2.45, 2.75) is 0 Å². The first-order chi connectivity index (χ1) is 3.71. The zero-order valence-electron chi connectivity index (χ0n) is 3.77. The highest BCUT2D eigenvalue weighted by Crippen LogP contribution is 1.85. The first kappa shape index (κ1) is 8.75. The summed E-state index contributed by atoms with van der Waals surface area (Å²) in [5.41, 5.74) is 0. The van der Waals surface area contributed by atoms with Gasteiger partial charge in [-0.25, -0.2) is 0 Å². The Labute approximate surface area is 50.9 Å². The smallest absolute Gasteiger partial charge is 0.273 e. The van der Waals surface area contributed by atoms with Gasteiger partial charge in [0.1, 0.15) is 0 Å². The fraction of sp³-hybridized carbons (Fsp3) is 0. The molecule has 0 radical (unpaired) electrons. The first-order valence-corrected chi connectivity index (χ1v) is 4.24. The molecule has 6 nitrogen and oxygen atoms in total. The molecular formula is H2FNO5S2. The van der Waals surface area contributed by atoms with Crippen molar-refractivity contribution in [3.05, 3.63) is 0 Å². The molecule has 0 aliphatic carbocycles. The van der Waals surface area contributed by atoms with Crippen LogP contribution in [0.15, 0.2) is 0 Å². The van der Waals surface area contributed by atoms with Gasteiger partial charge in [0, 0.05) is 0 Å². The van der Waals surface area contributed by atoms with E-state index in [1.54, 1.807) is 0 Å². The van der Waals surface area contributed by atoms with E-state index in [9.17, 15) is 20.7 Å². The minimum absolute atomic E-state index is 0.292. The van der Waals surface area contributed by atoms with E-state index in [2.05, 4.69) is 0 Å². The van der Waals surface area contributed by atoms with Crippen molar-refractivity contribution >= 4 is 20.7 Å². The van der Waals surface area contributed by atoms with Gasteiger partial charge in [-0.05, 0) is 0 Å². The van der Waals surface area contributed by atoms with Crippen molar-refractivity contribution in [2.24, 2.45) is 0 Å². The lowest BCUT2D eigenvalue weighted by atomic mass is 13.9. The van der Waals surface area contributed by atoms with Crippen LogP contribution in [0.1, 0.15) is 0 Å². The summed E-state index contributed by atoms with van der Waals surface area (Å²) in [7, 11) is -10.4. The molecule has 0 aromatic rings. The van der Waals surface area contributed by atoms with E-state index in [1.807, 2.05) is 0 Å². The molecule has 56 valence electrons. The molecular weight excluding hydrogens is 177 g/mol. The molecule has 0 bridgehead atoms. The zero-order chi connectivity index (χ0) is 7.71. The molecule has 9 heavy (non-hydrogen) atoms. The third kappa shape index (κ3) is 7.75. The lowest BCUT2D eigenvalue weighted by Gasteiger charge is -1.89. The normalized spacial score (nSPS) is 13.6. The fourth-order valence-electron chi connectivity index (χ4n) is 0.126. The van der Waals surface area contributed by atoms with Crippen LogP contribution in [-0.2, 0) is 20.7 Å². The van der Waals surface area contributed by atoms with E-state index >= 15 is 0 Å². The largest absolute Gasteiger partial charge is 0.387 e. The Morgan fingerprint density at radius 2 is 1.56 bits per heavy atom. The summed E-state index contributed by atoms with van der Waals surface area (Å²) < 4.78 is 56.7. The SMILES string of the molecule is O=S(=O)(O)NS(=O)(=O)F. The summed E-state index contributed by atoms with van der Waals surface area (Å²) in [5, 5.41) is 0. The van der Waals surface area contributed by atoms with E-state index in [1.165, 1.54) is 0 Å². The van der Waals surface area contributed by atoms with Crippen molar-refractivity contribution in [3.63, 3.8) is 0 Å². The summed E-state index contributed by atoms with van der Waals surface area (Å²) in [6.45, 7) is 0. The maximum atomic E-state index is 11.2. The molecule has 0 saturated carbocycles. The van der Waals surface area contributed by atoms with Gasteiger partial charge in [-0.15, -0.1) is 0 Å². The number of hydrogen-bond acceptors (Lipinski definition) is 4. The molecule has 0 aliphatic heterocycles. The molecule has 0 saturated heterocycles. The van der Waals surface area contributed by atoms with Crippen LogP contribution < -0.4 is 4.13 Å². The molecule has 0 rings (SSSR count). The number of rotatable bonds is 2. The van der Waals surface area contributed by atoms with Gasteiger partial charge in [0.2, 0.25) is 0 Å². The Bertz CT molecular complexity index is 240. The van der Waals surface area contributed by atoms with Crippen LogP contribution in [-0.4, -0.2) is 21.4 Å². The van der Waals surface area contributed by atoms with E-state index in [-0.39, 0.29) is 0 Å². The van der Waals surface area contributed by atoms with Gasteiger partial charge in [-0.3, -0.25) is 4.55 Å². The second kappa shape index (κ2) is 2.17. The lowest BCUT2D eigenvalue weighted by molar-refractivity contribution is 0.473. The van der Waals surface area contributed by atoms with Gasteiger partial charge >= 0.3 is 20.7 Å². The van der Waals surface area contributed by atoms with E-state index in [4.69, 9.17) is 4.55 Å². The fourth-order valence-corrected chi connectivity index (χ4v) is 1.13. The molecule has 9 heteroatoms. The third-order valence-electron chi connectivity index (χ3n) is 0.205. The Kier molecular flexibility index (Phi) is 2.11. The van der Waals surface area contributed by atoms with E-state index in [0.717, 1.165) is 0 Å². The predicted molar refractivity (Wildman–Crippen MR) is 24.7 cm³/mol. The Morgan fingerprint density at radius 1 is 1.22 bits per heavy atom. The molecule has 0 fully saturated rings. The van der Waals surface area contributed by atoms with Gasteiger partial charge in [0.25, 0.3) is 0 Å². The maximum absolute atomic E-state index is 11.2. The maximum Gasteiger partial charge on any atom is 0.387 e. The minimum Gasteiger partial charge on any atom is -0.273 e. The van der Waals surface area contributed by atoms with Gasteiger partial charge in [0.05, 0.1) is 0 Å². The topological polar surface area (TPSA) is 101 Å². The Hall–Kier alpha value is -0.250. The summed E-state index contributed by atoms with van der Waals surface area (Å²) in [4.78, 5) is 0. The van der Waals surface area contributed by atoms with Crippen LogP contribution in [0.4, 0.5) is 3.89 Å². The van der Waals surface area contributed by atoms with Crippen LogP contribution in [0.5, 0.6) is 0 Å². The average Bonchev–Trinajstić information content (AvgIpc) is 1.14. The van der Waals surface area contributed by atoms with Crippen molar-refractivity contribution in [3.8, 4) is 0 Å². The third-order valence-corrected chi connectivity index (χ3v) is 1.84. The molecule has 0 spiro atoms. The number of hydrogen-bond donors (Lipinski definition) is 2. The molecule has 0 unspecified atom stereocenters. The second-order valence-electron chi connectivity index (χ2n) is 0.996. The lowest BCUT2D eigenvalue weighted by Crippen LogP contribution is -2.26. The summed E-state index contributed by atoms with van der Waals surface area (Å²) >= 11 is 0. The van der Waals surface area contributed by atoms with Gasteiger partial charge in [0.15, 0.2) is 0 Å². The second-order valence-corrected chi connectivity index (χ2v) is 3.49. The molecule has 0 aromatic heterocycles. The Balaban J connectivity index is 4.46. The van der Waals surface area contributed by atoms with Crippen LogP contribution in [0.25, 0.3) is 0 Å². The van der Waals surface area contributed by atoms with E-state index < -0.39 is 20.7 Å². The highest BCUT2D eigenvalue weighted by Gasteiger charge is 2.14. The van der Waals surface area contributed by atoms with E-state index in [0.29, 0.717) is 4.13 Å². The highest BCUT2D eigenvalue weighted by molar-refractivity contribution is 7.99. The standard InChI is InChI=1S/FH2NO5S2/c1-8(3,4)2-9(5,6)7/h2H,(H,5,6,7). The van der Waals surface area contributed by atoms with Crippen LogP contribution in [0.2, 0.25) is 0 Å². The Morgan fingerprint density at radius 3 is 1.56 bits per heavy atom. The monoisotopic (exact) mass is 179 g/mol. The van der Waals surface area contributed by atoms with Crippen molar-refractivity contribution in [2.75, 3.05) is 0 Å². The van der Waals surface area contributed by atoms with Gasteiger partial charge in [-0.1, -0.05) is 8.01 Å². The molecule has 2 N–H and O–H groups in total. The van der Waals surface area contributed by atoms with Crippen molar-refractivity contribution in [1.29, 1.82) is 0 Å². The quantitative estimate of drug-likeness (QED) is 0.400. The number of halogens is 1. The summed E-state index contributed by atoms with van der Waals surface area (Å²) in [6, 6.07) is 0. The van der Waals surface area contributed by atoms with Crippen molar-refractivity contribution < 1.29 is 25.3 Å². The molecule has 0 aliphatic rings. The molecule has 0 aromatic carbocycles. The summed E-state index contributed by atoms with van der Waals surface area (Å²) in [6.07, 6.45) is 0. The van der Waals surface area contributed by atoms with Gasteiger partial charge < -0.3 is 0 Å². The highest BCUT2D eigenvalue weighted by atomic mass is 32.3. The zero-order valence-corrected chi connectivity index (χ0v) is 5.41. The van der Waals surface area contributed by atoms with Crippen molar-refractivity contribution in [1.82, 2.24) is 4.13 Å². The molecule has 0 amide bonds. The summed E-state index contributed by atoms with van der Waals surface area (Å²) in [5.74, 6) is 0. The average molecular weight is 179 g/mol. The van der Waals surface area contributed by atoms with Crippen LogP contribution >= 0.6 is 0 Å². The minimum atomic E-state index is -5.37. The molecule has 0 heterocycles. The van der Waals surface area contributed by atoms with Crippen LogP contribution in [0, 0.1) is 0 Å². The van der Waals surface area contributed by atoms with Gasteiger partial charge in [-0.2, -0.15) is 16.8 Å². The number of nitrogens with one attached hydrogen (secondary N) is 1. The predicted octanol–water partition coefficient (Wildman–Crippen LogP) is -1.41. The first-order valence-electron chi connectivity index (χ1n) is 1.41. The van der Waals surface area contributed by atoms with Crippen LogP contribution in [0.3, 0.4) is 0 Å². The molecule has 0 atom stereocenters.